The molecule has 1 aromatic carbocycles. The lowest BCUT2D eigenvalue weighted by molar-refractivity contribution is 0.102. The van der Waals surface area contributed by atoms with Gasteiger partial charge in [0.1, 0.15) is 5.82 Å². The molecule has 3 aromatic heterocycles. The van der Waals surface area contributed by atoms with E-state index in [1.807, 2.05) is 41.1 Å². The molecule has 3 heterocycles. The van der Waals surface area contributed by atoms with Crippen LogP contribution in [-0.4, -0.2) is 30.5 Å². The molecule has 0 spiro atoms. The summed E-state index contributed by atoms with van der Waals surface area (Å²) < 4.78 is 3.64. The lowest BCUT2D eigenvalue weighted by Gasteiger charge is -2.13. The van der Waals surface area contributed by atoms with Gasteiger partial charge in [-0.05, 0) is 31.4 Å². The molecule has 7 nitrogen and oxygen atoms in total. The van der Waals surface area contributed by atoms with E-state index < -0.39 is 0 Å². The SMILES string of the molecule is CC(C)c1cc(C(=O)Nc2ccnn2Cc2ccccc2)c2cnn(C(C)C)c2n1. The number of pyridine rings is 1. The highest BCUT2D eigenvalue weighted by atomic mass is 16.1. The van der Waals surface area contributed by atoms with Crippen LogP contribution in [0.1, 0.15) is 61.3 Å². The first-order chi connectivity index (χ1) is 14.4. The summed E-state index contributed by atoms with van der Waals surface area (Å²) in [6, 6.07) is 13.9. The maximum Gasteiger partial charge on any atom is 0.257 e. The summed E-state index contributed by atoms with van der Waals surface area (Å²) in [6.45, 7) is 8.83. The van der Waals surface area contributed by atoms with Crippen molar-refractivity contribution in [3.8, 4) is 0 Å². The average molecular weight is 403 g/mol. The minimum atomic E-state index is -0.192. The van der Waals surface area contributed by atoms with Gasteiger partial charge in [-0.15, -0.1) is 0 Å². The van der Waals surface area contributed by atoms with Crippen LogP contribution in [0, 0.1) is 0 Å². The van der Waals surface area contributed by atoms with E-state index in [1.165, 1.54) is 0 Å². The number of nitrogens with zero attached hydrogens (tertiary/aromatic N) is 5. The second kappa shape index (κ2) is 8.10. The average Bonchev–Trinajstić information content (AvgIpc) is 3.34. The number of anilines is 1. The maximum atomic E-state index is 13.3. The Morgan fingerprint density at radius 3 is 2.53 bits per heavy atom. The van der Waals surface area contributed by atoms with E-state index in [9.17, 15) is 4.79 Å². The van der Waals surface area contributed by atoms with Crippen molar-refractivity contribution in [2.24, 2.45) is 0 Å². The predicted octanol–water partition coefficient (Wildman–Crippen LogP) is 4.63. The molecular weight excluding hydrogens is 376 g/mol. The van der Waals surface area contributed by atoms with Crippen molar-refractivity contribution in [2.45, 2.75) is 46.2 Å². The molecule has 0 aliphatic heterocycles. The quantitative estimate of drug-likeness (QED) is 0.510. The van der Waals surface area contributed by atoms with Crippen molar-refractivity contribution in [2.75, 3.05) is 5.32 Å². The van der Waals surface area contributed by atoms with Crippen LogP contribution >= 0.6 is 0 Å². The number of amides is 1. The molecule has 30 heavy (non-hydrogen) atoms. The van der Waals surface area contributed by atoms with Gasteiger partial charge in [0.25, 0.3) is 5.91 Å². The third kappa shape index (κ3) is 3.83. The largest absolute Gasteiger partial charge is 0.307 e. The molecule has 0 saturated heterocycles. The van der Waals surface area contributed by atoms with E-state index >= 15 is 0 Å². The van der Waals surface area contributed by atoms with Crippen LogP contribution in [0.4, 0.5) is 5.82 Å². The van der Waals surface area contributed by atoms with Gasteiger partial charge in [-0.1, -0.05) is 44.2 Å². The fourth-order valence-corrected chi connectivity index (χ4v) is 3.40. The molecule has 0 atom stereocenters. The Hall–Kier alpha value is -3.48. The van der Waals surface area contributed by atoms with Gasteiger partial charge >= 0.3 is 0 Å². The van der Waals surface area contributed by atoms with Gasteiger partial charge in [0.2, 0.25) is 0 Å². The van der Waals surface area contributed by atoms with Crippen molar-refractivity contribution in [1.29, 1.82) is 0 Å². The number of carbonyl (C=O) groups is 1. The zero-order valence-electron chi connectivity index (χ0n) is 17.7. The van der Waals surface area contributed by atoms with Crippen molar-refractivity contribution < 1.29 is 4.79 Å². The topological polar surface area (TPSA) is 77.6 Å². The third-order valence-corrected chi connectivity index (χ3v) is 5.05. The smallest absolute Gasteiger partial charge is 0.257 e. The maximum absolute atomic E-state index is 13.3. The van der Waals surface area contributed by atoms with Gasteiger partial charge in [0.15, 0.2) is 5.65 Å². The summed E-state index contributed by atoms with van der Waals surface area (Å²) in [5, 5.41) is 12.6. The standard InChI is InChI=1S/C23H26N6O/c1-15(2)20-12-18(19-13-25-29(16(3)4)22(19)26-20)23(30)27-21-10-11-24-28(21)14-17-8-6-5-7-9-17/h5-13,15-16H,14H2,1-4H3,(H,27,30). The molecule has 4 aromatic rings. The number of hydrogen-bond donors (Lipinski definition) is 1. The number of hydrogen-bond acceptors (Lipinski definition) is 4. The molecular formula is C23H26N6O. The first-order valence-electron chi connectivity index (χ1n) is 10.2. The highest BCUT2D eigenvalue weighted by molar-refractivity contribution is 6.11. The van der Waals surface area contributed by atoms with E-state index in [1.54, 1.807) is 23.1 Å². The van der Waals surface area contributed by atoms with E-state index in [2.05, 4.69) is 43.2 Å². The monoisotopic (exact) mass is 402 g/mol. The molecule has 0 aliphatic rings. The Morgan fingerprint density at radius 2 is 1.83 bits per heavy atom. The highest BCUT2D eigenvalue weighted by Gasteiger charge is 2.20. The van der Waals surface area contributed by atoms with E-state index in [4.69, 9.17) is 4.98 Å². The normalized spacial score (nSPS) is 11.5. The summed E-state index contributed by atoms with van der Waals surface area (Å²) >= 11 is 0. The lowest BCUT2D eigenvalue weighted by Crippen LogP contribution is -2.17. The van der Waals surface area contributed by atoms with Crippen LogP contribution in [0.15, 0.2) is 54.9 Å². The highest BCUT2D eigenvalue weighted by Crippen LogP contribution is 2.25. The first kappa shape index (κ1) is 19.8. The molecule has 0 bridgehead atoms. The number of nitrogens with one attached hydrogen (secondary N) is 1. The molecule has 154 valence electrons. The number of fused-ring (bicyclic) bond motifs is 1. The van der Waals surface area contributed by atoms with Gasteiger partial charge in [-0.25, -0.2) is 14.3 Å². The van der Waals surface area contributed by atoms with Crippen LogP contribution in [0.5, 0.6) is 0 Å². The third-order valence-electron chi connectivity index (χ3n) is 5.05. The fourth-order valence-electron chi connectivity index (χ4n) is 3.40. The fraction of sp³-hybridized carbons (Fsp3) is 0.304. The second-order valence-electron chi connectivity index (χ2n) is 7.98. The number of aromatic nitrogens is 5. The van der Waals surface area contributed by atoms with Crippen LogP contribution in [0.2, 0.25) is 0 Å². The summed E-state index contributed by atoms with van der Waals surface area (Å²) in [5.41, 5.74) is 3.29. The Balaban J connectivity index is 1.68. The number of carbonyl (C=O) groups excluding carboxylic acids is 1. The second-order valence-corrected chi connectivity index (χ2v) is 7.98. The minimum absolute atomic E-state index is 0.153. The van der Waals surface area contributed by atoms with E-state index in [0.717, 1.165) is 22.3 Å². The van der Waals surface area contributed by atoms with Gasteiger partial charge in [-0.3, -0.25) is 4.79 Å². The van der Waals surface area contributed by atoms with Crippen molar-refractivity contribution in [3.05, 3.63) is 71.7 Å². The van der Waals surface area contributed by atoms with Crippen LogP contribution in [0.3, 0.4) is 0 Å². The Labute approximate surface area is 175 Å². The van der Waals surface area contributed by atoms with Gasteiger partial charge < -0.3 is 5.32 Å². The molecule has 1 amide bonds. The van der Waals surface area contributed by atoms with Crippen molar-refractivity contribution >= 4 is 22.8 Å². The summed E-state index contributed by atoms with van der Waals surface area (Å²) in [7, 11) is 0. The number of benzene rings is 1. The Kier molecular flexibility index (Phi) is 5.35. The lowest BCUT2D eigenvalue weighted by atomic mass is 10.0. The summed E-state index contributed by atoms with van der Waals surface area (Å²) in [6.07, 6.45) is 3.42. The number of rotatable bonds is 6. The molecule has 7 heteroatoms. The zero-order chi connectivity index (χ0) is 21.3. The zero-order valence-corrected chi connectivity index (χ0v) is 17.7. The summed E-state index contributed by atoms with van der Waals surface area (Å²) in [4.78, 5) is 18.0. The Bertz CT molecular complexity index is 1170. The van der Waals surface area contributed by atoms with Gasteiger partial charge in [0.05, 0.1) is 29.9 Å². The van der Waals surface area contributed by atoms with Gasteiger partial charge in [-0.2, -0.15) is 10.2 Å². The van der Waals surface area contributed by atoms with Crippen LogP contribution < -0.4 is 5.32 Å². The molecule has 0 saturated carbocycles. The molecule has 4 rings (SSSR count). The van der Waals surface area contributed by atoms with Crippen molar-refractivity contribution in [3.63, 3.8) is 0 Å². The van der Waals surface area contributed by atoms with E-state index in [-0.39, 0.29) is 17.9 Å². The molecule has 0 unspecified atom stereocenters. The van der Waals surface area contributed by atoms with Crippen LogP contribution in [0.25, 0.3) is 11.0 Å². The van der Waals surface area contributed by atoms with Crippen molar-refractivity contribution in [1.82, 2.24) is 24.5 Å². The summed E-state index contributed by atoms with van der Waals surface area (Å²) in [5.74, 6) is 0.652. The molecule has 0 fully saturated rings. The van der Waals surface area contributed by atoms with E-state index in [0.29, 0.717) is 17.9 Å². The predicted molar refractivity (Wildman–Crippen MR) is 118 cm³/mol. The minimum Gasteiger partial charge on any atom is -0.307 e. The first-order valence-corrected chi connectivity index (χ1v) is 10.2. The molecule has 0 radical (unpaired) electrons. The van der Waals surface area contributed by atoms with Crippen LogP contribution in [-0.2, 0) is 6.54 Å². The Morgan fingerprint density at radius 1 is 1.07 bits per heavy atom. The van der Waals surface area contributed by atoms with Gasteiger partial charge in [0, 0.05) is 17.8 Å². The molecule has 1 N–H and O–H groups in total. The molecule has 0 aliphatic carbocycles.